The van der Waals surface area contributed by atoms with Gasteiger partial charge in [-0.15, -0.1) is 0 Å². The molecule has 0 amide bonds. The standard InChI is InChI=1S/C15H21N3O2/c1-11-14(10-16-2)15(18(3)17-11)20-13-6-4-12(5-7-13)8-9-19/h4-7,16,19H,8-10H2,1-3H3. The summed E-state index contributed by atoms with van der Waals surface area (Å²) in [6.45, 7) is 2.86. The fraction of sp³-hybridized carbons (Fsp3) is 0.400. The number of nitrogens with zero attached hydrogens (tertiary/aromatic N) is 2. The molecule has 0 saturated carbocycles. The molecule has 1 aromatic heterocycles. The molecule has 20 heavy (non-hydrogen) atoms. The number of hydrogen-bond donors (Lipinski definition) is 2. The summed E-state index contributed by atoms with van der Waals surface area (Å²) in [5, 5.41) is 16.4. The van der Waals surface area contributed by atoms with Crippen LogP contribution >= 0.6 is 0 Å². The summed E-state index contributed by atoms with van der Waals surface area (Å²) < 4.78 is 7.70. The molecule has 108 valence electrons. The minimum absolute atomic E-state index is 0.160. The third-order valence-corrected chi connectivity index (χ3v) is 3.18. The molecule has 0 atom stereocenters. The van der Waals surface area contributed by atoms with Crippen molar-refractivity contribution in [1.29, 1.82) is 0 Å². The molecule has 2 rings (SSSR count). The van der Waals surface area contributed by atoms with E-state index in [4.69, 9.17) is 9.84 Å². The Bertz CT molecular complexity index is 561. The lowest BCUT2D eigenvalue weighted by Gasteiger charge is -2.09. The Morgan fingerprint density at radius 3 is 2.60 bits per heavy atom. The average molecular weight is 275 g/mol. The van der Waals surface area contributed by atoms with Gasteiger partial charge in [0.2, 0.25) is 5.88 Å². The van der Waals surface area contributed by atoms with Crippen LogP contribution in [-0.4, -0.2) is 28.5 Å². The maximum absolute atomic E-state index is 8.91. The zero-order chi connectivity index (χ0) is 14.5. The molecule has 2 N–H and O–H groups in total. The van der Waals surface area contributed by atoms with Gasteiger partial charge in [0.1, 0.15) is 5.75 Å². The van der Waals surface area contributed by atoms with Crippen LogP contribution in [0, 0.1) is 6.92 Å². The first-order chi connectivity index (χ1) is 9.65. The lowest BCUT2D eigenvalue weighted by Crippen LogP contribution is -2.07. The van der Waals surface area contributed by atoms with Crippen molar-refractivity contribution < 1.29 is 9.84 Å². The summed E-state index contributed by atoms with van der Waals surface area (Å²) in [5.41, 5.74) is 3.12. The Hall–Kier alpha value is -1.85. The topological polar surface area (TPSA) is 59.3 Å². The highest BCUT2D eigenvalue weighted by atomic mass is 16.5. The first kappa shape index (κ1) is 14.6. The van der Waals surface area contributed by atoms with Gasteiger partial charge in [0, 0.05) is 20.2 Å². The number of aryl methyl sites for hydroxylation is 2. The average Bonchev–Trinajstić information content (AvgIpc) is 2.69. The number of ether oxygens (including phenoxy) is 1. The third kappa shape index (κ3) is 3.18. The van der Waals surface area contributed by atoms with E-state index in [1.165, 1.54) is 0 Å². The molecule has 0 aliphatic carbocycles. The minimum atomic E-state index is 0.160. The third-order valence-electron chi connectivity index (χ3n) is 3.18. The lowest BCUT2D eigenvalue weighted by atomic mass is 10.1. The highest BCUT2D eigenvalue weighted by Gasteiger charge is 2.14. The van der Waals surface area contributed by atoms with Crippen LogP contribution in [0.3, 0.4) is 0 Å². The van der Waals surface area contributed by atoms with Crippen LogP contribution in [-0.2, 0) is 20.0 Å². The fourth-order valence-corrected chi connectivity index (χ4v) is 2.15. The van der Waals surface area contributed by atoms with Crippen LogP contribution in [0.15, 0.2) is 24.3 Å². The van der Waals surface area contributed by atoms with Gasteiger partial charge in [0.15, 0.2) is 0 Å². The normalized spacial score (nSPS) is 10.8. The van der Waals surface area contributed by atoms with Crippen molar-refractivity contribution in [1.82, 2.24) is 15.1 Å². The largest absolute Gasteiger partial charge is 0.439 e. The van der Waals surface area contributed by atoms with Crippen LogP contribution in [0.4, 0.5) is 0 Å². The van der Waals surface area contributed by atoms with Gasteiger partial charge in [-0.2, -0.15) is 5.10 Å². The molecule has 5 nitrogen and oxygen atoms in total. The molecule has 1 aromatic carbocycles. The molecular formula is C15H21N3O2. The monoisotopic (exact) mass is 275 g/mol. The van der Waals surface area contributed by atoms with Gasteiger partial charge in [0.25, 0.3) is 0 Å². The summed E-state index contributed by atoms with van der Waals surface area (Å²) in [5.74, 6) is 1.53. The number of rotatable bonds is 6. The highest BCUT2D eigenvalue weighted by Crippen LogP contribution is 2.27. The highest BCUT2D eigenvalue weighted by molar-refractivity contribution is 5.36. The van der Waals surface area contributed by atoms with Crippen LogP contribution in [0.2, 0.25) is 0 Å². The Kier molecular flexibility index (Phi) is 4.76. The summed E-state index contributed by atoms with van der Waals surface area (Å²) in [6.07, 6.45) is 0.663. The van der Waals surface area contributed by atoms with Gasteiger partial charge in [0.05, 0.1) is 11.3 Å². The van der Waals surface area contributed by atoms with Gasteiger partial charge in [-0.1, -0.05) is 12.1 Å². The molecule has 0 bridgehead atoms. The Balaban J connectivity index is 2.20. The number of aromatic nitrogens is 2. The molecule has 0 aliphatic heterocycles. The van der Waals surface area contributed by atoms with E-state index in [1.807, 2.05) is 45.3 Å². The lowest BCUT2D eigenvalue weighted by molar-refractivity contribution is 0.299. The van der Waals surface area contributed by atoms with E-state index >= 15 is 0 Å². The van der Waals surface area contributed by atoms with Crippen molar-refractivity contribution in [2.75, 3.05) is 13.7 Å². The summed E-state index contributed by atoms with van der Waals surface area (Å²) in [4.78, 5) is 0. The Labute approximate surface area is 119 Å². The van der Waals surface area contributed by atoms with E-state index in [9.17, 15) is 0 Å². The van der Waals surface area contributed by atoms with Crippen LogP contribution in [0.25, 0.3) is 0 Å². The van der Waals surface area contributed by atoms with Gasteiger partial charge in [-0.25, -0.2) is 4.68 Å². The van der Waals surface area contributed by atoms with Crippen LogP contribution in [0.5, 0.6) is 11.6 Å². The predicted molar refractivity (Wildman–Crippen MR) is 78.0 cm³/mol. The first-order valence-corrected chi connectivity index (χ1v) is 6.70. The molecule has 0 radical (unpaired) electrons. The molecule has 0 saturated heterocycles. The molecule has 0 unspecified atom stereocenters. The second-order valence-electron chi connectivity index (χ2n) is 4.74. The molecule has 5 heteroatoms. The van der Waals surface area contributed by atoms with E-state index < -0.39 is 0 Å². The van der Waals surface area contributed by atoms with E-state index in [1.54, 1.807) is 4.68 Å². The number of hydrogen-bond acceptors (Lipinski definition) is 4. The van der Waals surface area contributed by atoms with Crippen molar-refractivity contribution in [3.63, 3.8) is 0 Å². The molecule has 2 aromatic rings. The van der Waals surface area contributed by atoms with Crippen LogP contribution in [0.1, 0.15) is 16.8 Å². The smallest absolute Gasteiger partial charge is 0.222 e. The number of aliphatic hydroxyl groups excluding tert-OH is 1. The van der Waals surface area contributed by atoms with Crippen molar-refractivity contribution in [2.45, 2.75) is 19.9 Å². The molecule has 0 aliphatic rings. The van der Waals surface area contributed by atoms with E-state index in [-0.39, 0.29) is 6.61 Å². The Morgan fingerprint density at radius 2 is 2.00 bits per heavy atom. The van der Waals surface area contributed by atoms with Gasteiger partial charge < -0.3 is 15.2 Å². The van der Waals surface area contributed by atoms with Crippen molar-refractivity contribution >= 4 is 0 Å². The summed E-state index contributed by atoms with van der Waals surface area (Å²) in [7, 11) is 3.78. The second kappa shape index (κ2) is 6.54. The number of benzene rings is 1. The van der Waals surface area contributed by atoms with Gasteiger partial charge in [-0.05, 0) is 38.1 Å². The van der Waals surface area contributed by atoms with Gasteiger partial charge in [-0.3, -0.25) is 0 Å². The first-order valence-electron chi connectivity index (χ1n) is 6.70. The predicted octanol–water partition coefficient (Wildman–Crippen LogP) is 1.78. The van der Waals surface area contributed by atoms with Crippen LogP contribution < -0.4 is 10.1 Å². The number of nitrogens with one attached hydrogen (secondary N) is 1. The zero-order valence-corrected chi connectivity index (χ0v) is 12.2. The molecule has 0 fully saturated rings. The second-order valence-corrected chi connectivity index (χ2v) is 4.74. The molecular weight excluding hydrogens is 254 g/mol. The maximum Gasteiger partial charge on any atom is 0.222 e. The zero-order valence-electron chi connectivity index (χ0n) is 12.2. The minimum Gasteiger partial charge on any atom is -0.439 e. The SMILES string of the molecule is CNCc1c(C)nn(C)c1Oc1ccc(CCO)cc1. The number of aliphatic hydroxyl groups is 1. The van der Waals surface area contributed by atoms with Crippen molar-refractivity contribution in [3.05, 3.63) is 41.1 Å². The van der Waals surface area contributed by atoms with E-state index in [2.05, 4.69) is 10.4 Å². The van der Waals surface area contributed by atoms with Crippen molar-refractivity contribution in [3.8, 4) is 11.6 Å². The summed E-state index contributed by atoms with van der Waals surface area (Å²) in [6, 6.07) is 7.76. The quantitative estimate of drug-likeness (QED) is 0.843. The van der Waals surface area contributed by atoms with Crippen molar-refractivity contribution in [2.24, 2.45) is 7.05 Å². The molecule has 1 heterocycles. The van der Waals surface area contributed by atoms with E-state index in [0.717, 1.165) is 35.0 Å². The molecule has 0 spiro atoms. The Morgan fingerprint density at radius 1 is 1.30 bits per heavy atom. The fourth-order valence-electron chi connectivity index (χ4n) is 2.15. The summed E-state index contributed by atoms with van der Waals surface area (Å²) >= 11 is 0. The maximum atomic E-state index is 8.91. The van der Waals surface area contributed by atoms with Gasteiger partial charge >= 0.3 is 0 Å². The van der Waals surface area contributed by atoms with E-state index in [0.29, 0.717) is 6.42 Å².